The highest BCUT2D eigenvalue weighted by Gasteiger charge is 2.23. The number of nitrogens with zero attached hydrogens (tertiary/aromatic N) is 3. The van der Waals surface area contributed by atoms with Crippen LogP contribution in [0.2, 0.25) is 0 Å². The molecule has 28 heavy (non-hydrogen) atoms. The van der Waals surface area contributed by atoms with Crippen LogP contribution in [-0.2, 0) is 11.2 Å². The number of carbonyl (C=O) groups is 1. The Morgan fingerprint density at radius 1 is 1.29 bits per heavy atom. The van der Waals surface area contributed by atoms with Gasteiger partial charge in [-0.3, -0.25) is 24.8 Å². The summed E-state index contributed by atoms with van der Waals surface area (Å²) in [7, 11) is 0. The first kappa shape index (κ1) is 18.4. The standard InChI is InChI=1S/C20H24N6O2/c1-13-9-18(27)24-20(21-13)25-19(28)12-26-8-4-5-14(11-26)10-17-22-15-6-2-3-7-16(15)23-17/h2-3,6-7,9,14H,4-5,8,10-12H2,1H3,(H,22,23)(H2,21,24,25,27,28)/t14-/m0/s1. The number of piperidine rings is 1. The summed E-state index contributed by atoms with van der Waals surface area (Å²) >= 11 is 0. The Morgan fingerprint density at radius 3 is 2.96 bits per heavy atom. The number of H-pyrrole nitrogens is 2. The number of hydrogen-bond acceptors (Lipinski definition) is 5. The van der Waals surface area contributed by atoms with E-state index in [9.17, 15) is 9.59 Å². The van der Waals surface area contributed by atoms with Crippen LogP contribution in [0, 0.1) is 12.8 Å². The van der Waals surface area contributed by atoms with E-state index in [1.807, 2.05) is 24.3 Å². The second-order valence-corrected chi connectivity index (χ2v) is 7.43. The van der Waals surface area contributed by atoms with Crippen molar-refractivity contribution in [1.82, 2.24) is 24.8 Å². The Hall–Kier alpha value is -3.00. The van der Waals surface area contributed by atoms with Gasteiger partial charge in [-0.15, -0.1) is 0 Å². The second-order valence-electron chi connectivity index (χ2n) is 7.43. The monoisotopic (exact) mass is 380 g/mol. The molecular weight excluding hydrogens is 356 g/mol. The van der Waals surface area contributed by atoms with E-state index in [0.29, 0.717) is 11.6 Å². The van der Waals surface area contributed by atoms with Gasteiger partial charge < -0.3 is 4.98 Å². The van der Waals surface area contributed by atoms with Crippen molar-refractivity contribution in [3.63, 3.8) is 0 Å². The van der Waals surface area contributed by atoms with Gasteiger partial charge in [0.1, 0.15) is 5.82 Å². The number of anilines is 1. The Balaban J connectivity index is 1.34. The van der Waals surface area contributed by atoms with Gasteiger partial charge in [-0.1, -0.05) is 12.1 Å². The van der Waals surface area contributed by atoms with Crippen molar-refractivity contribution in [2.75, 3.05) is 25.0 Å². The lowest BCUT2D eigenvalue weighted by molar-refractivity contribution is -0.117. The van der Waals surface area contributed by atoms with Gasteiger partial charge in [-0.2, -0.15) is 0 Å². The highest BCUT2D eigenvalue weighted by atomic mass is 16.2. The predicted molar refractivity (Wildman–Crippen MR) is 107 cm³/mol. The number of nitrogens with one attached hydrogen (secondary N) is 3. The van der Waals surface area contributed by atoms with E-state index in [4.69, 9.17) is 0 Å². The smallest absolute Gasteiger partial charge is 0.252 e. The molecular formula is C20H24N6O2. The van der Waals surface area contributed by atoms with Crippen molar-refractivity contribution < 1.29 is 4.79 Å². The van der Waals surface area contributed by atoms with Crippen molar-refractivity contribution in [2.24, 2.45) is 5.92 Å². The molecule has 0 aliphatic carbocycles. The van der Waals surface area contributed by atoms with Crippen molar-refractivity contribution >= 4 is 22.9 Å². The number of imidazole rings is 1. The summed E-state index contributed by atoms with van der Waals surface area (Å²) in [6, 6.07) is 9.43. The first-order chi connectivity index (χ1) is 13.5. The molecule has 1 saturated heterocycles. The maximum atomic E-state index is 12.4. The van der Waals surface area contributed by atoms with E-state index in [0.717, 1.165) is 49.2 Å². The van der Waals surface area contributed by atoms with Crippen LogP contribution in [0.25, 0.3) is 11.0 Å². The van der Waals surface area contributed by atoms with Gasteiger partial charge in [0, 0.05) is 24.7 Å². The fourth-order valence-corrected chi connectivity index (χ4v) is 3.85. The van der Waals surface area contributed by atoms with E-state index < -0.39 is 0 Å². The van der Waals surface area contributed by atoms with Crippen LogP contribution in [0.4, 0.5) is 5.95 Å². The molecule has 0 unspecified atom stereocenters. The number of benzene rings is 1. The first-order valence-electron chi connectivity index (χ1n) is 9.59. The summed E-state index contributed by atoms with van der Waals surface area (Å²) < 4.78 is 0. The van der Waals surface area contributed by atoms with Crippen molar-refractivity contribution in [1.29, 1.82) is 0 Å². The van der Waals surface area contributed by atoms with E-state index in [2.05, 4.69) is 30.2 Å². The molecule has 1 aliphatic heterocycles. The molecule has 1 fully saturated rings. The van der Waals surface area contributed by atoms with Gasteiger partial charge in [0.25, 0.3) is 5.56 Å². The number of likely N-dealkylation sites (tertiary alicyclic amines) is 1. The molecule has 0 radical (unpaired) electrons. The summed E-state index contributed by atoms with van der Waals surface area (Å²) in [5, 5.41) is 2.69. The Labute approximate surface area is 162 Å². The zero-order chi connectivity index (χ0) is 19.5. The third-order valence-electron chi connectivity index (χ3n) is 5.02. The average molecular weight is 380 g/mol. The Morgan fingerprint density at radius 2 is 2.14 bits per heavy atom. The highest BCUT2D eigenvalue weighted by molar-refractivity contribution is 5.90. The molecule has 1 atom stereocenters. The molecule has 1 amide bonds. The minimum atomic E-state index is -0.272. The van der Waals surface area contributed by atoms with Gasteiger partial charge in [-0.05, 0) is 44.4 Å². The summed E-state index contributed by atoms with van der Waals surface area (Å²) in [5.41, 5.74) is 2.35. The fraction of sp³-hybridized carbons (Fsp3) is 0.400. The number of rotatable bonds is 5. The minimum absolute atomic E-state index is 0.168. The average Bonchev–Trinajstić information content (AvgIpc) is 3.03. The third-order valence-corrected chi connectivity index (χ3v) is 5.02. The Bertz CT molecular complexity index is 1010. The number of aromatic amines is 2. The number of fused-ring (bicyclic) bond motifs is 1. The van der Waals surface area contributed by atoms with Crippen LogP contribution in [0.15, 0.2) is 35.1 Å². The zero-order valence-corrected chi connectivity index (χ0v) is 15.9. The fourth-order valence-electron chi connectivity index (χ4n) is 3.85. The zero-order valence-electron chi connectivity index (χ0n) is 15.9. The number of hydrogen-bond donors (Lipinski definition) is 3. The SMILES string of the molecule is Cc1cc(=O)[nH]c(NC(=O)CN2CCC[C@@H](Cc3nc4ccccc4[nH]3)C2)n1. The van der Waals surface area contributed by atoms with Crippen LogP contribution in [0.5, 0.6) is 0 Å². The molecule has 8 heteroatoms. The highest BCUT2D eigenvalue weighted by Crippen LogP contribution is 2.21. The van der Waals surface area contributed by atoms with E-state index in [1.54, 1.807) is 6.92 Å². The molecule has 3 aromatic rings. The van der Waals surface area contributed by atoms with Gasteiger partial charge >= 0.3 is 0 Å². The van der Waals surface area contributed by atoms with Gasteiger partial charge in [-0.25, -0.2) is 9.97 Å². The molecule has 146 valence electrons. The van der Waals surface area contributed by atoms with Crippen LogP contribution in [0.3, 0.4) is 0 Å². The lowest BCUT2D eigenvalue weighted by Crippen LogP contribution is -2.41. The molecule has 0 bridgehead atoms. The number of carbonyl (C=O) groups excluding carboxylic acids is 1. The maximum absolute atomic E-state index is 12.4. The van der Waals surface area contributed by atoms with Crippen LogP contribution in [0.1, 0.15) is 24.4 Å². The van der Waals surface area contributed by atoms with Gasteiger partial charge in [0.2, 0.25) is 11.9 Å². The molecule has 0 spiro atoms. The molecule has 3 heterocycles. The number of para-hydroxylation sites is 2. The summed E-state index contributed by atoms with van der Waals surface area (Å²) in [4.78, 5) is 40.7. The third kappa shape index (κ3) is 4.45. The summed E-state index contributed by atoms with van der Waals surface area (Å²) in [6.45, 7) is 3.75. The number of amides is 1. The lowest BCUT2D eigenvalue weighted by Gasteiger charge is -2.31. The second kappa shape index (κ2) is 7.93. The molecule has 8 nitrogen and oxygen atoms in total. The van der Waals surface area contributed by atoms with Crippen LogP contribution in [-0.4, -0.2) is 50.4 Å². The van der Waals surface area contributed by atoms with Crippen molar-refractivity contribution in [3.8, 4) is 0 Å². The number of aromatic nitrogens is 4. The molecule has 3 N–H and O–H groups in total. The normalized spacial score (nSPS) is 17.7. The first-order valence-corrected chi connectivity index (χ1v) is 9.59. The van der Waals surface area contributed by atoms with E-state index >= 15 is 0 Å². The molecule has 1 aromatic carbocycles. The topological polar surface area (TPSA) is 107 Å². The maximum Gasteiger partial charge on any atom is 0.252 e. The van der Waals surface area contributed by atoms with Crippen molar-refractivity contribution in [3.05, 3.63) is 52.2 Å². The van der Waals surface area contributed by atoms with Gasteiger partial charge in [0.15, 0.2) is 0 Å². The Kier molecular flexibility index (Phi) is 5.21. The molecule has 0 saturated carbocycles. The van der Waals surface area contributed by atoms with E-state index in [1.165, 1.54) is 6.07 Å². The lowest BCUT2D eigenvalue weighted by atomic mass is 9.94. The number of aryl methyl sites for hydroxylation is 1. The van der Waals surface area contributed by atoms with Gasteiger partial charge in [0.05, 0.1) is 17.6 Å². The largest absolute Gasteiger partial charge is 0.342 e. The van der Waals surface area contributed by atoms with E-state index in [-0.39, 0.29) is 24.0 Å². The quantitative estimate of drug-likeness (QED) is 0.626. The summed E-state index contributed by atoms with van der Waals surface area (Å²) in [5.74, 6) is 1.49. The molecule has 1 aliphatic rings. The van der Waals surface area contributed by atoms with Crippen LogP contribution >= 0.6 is 0 Å². The predicted octanol–water partition coefficient (Wildman–Crippen LogP) is 1.85. The molecule has 4 rings (SSSR count). The summed E-state index contributed by atoms with van der Waals surface area (Å²) in [6.07, 6.45) is 3.05. The van der Waals surface area contributed by atoms with Crippen LogP contribution < -0.4 is 10.9 Å². The molecule has 2 aromatic heterocycles. The van der Waals surface area contributed by atoms with Crippen molar-refractivity contribution in [2.45, 2.75) is 26.2 Å². The minimum Gasteiger partial charge on any atom is -0.342 e.